The zero-order valence-corrected chi connectivity index (χ0v) is 34.0. The highest BCUT2D eigenvalue weighted by Gasteiger charge is 2.38. The van der Waals surface area contributed by atoms with Gasteiger partial charge in [-0.3, -0.25) is 24.0 Å². The van der Waals surface area contributed by atoms with E-state index in [0.717, 1.165) is 24.0 Å². The third kappa shape index (κ3) is 11.1. The second-order valence-corrected chi connectivity index (χ2v) is 14.0. The molecule has 4 N–H and O–H groups in total. The van der Waals surface area contributed by atoms with Gasteiger partial charge in [-0.25, -0.2) is 19.4 Å². The molecule has 0 spiro atoms. The summed E-state index contributed by atoms with van der Waals surface area (Å²) in [7, 11) is 0. The van der Waals surface area contributed by atoms with Crippen molar-refractivity contribution in [1.29, 1.82) is 0 Å². The van der Waals surface area contributed by atoms with Crippen molar-refractivity contribution in [2.45, 2.75) is 137 Å². The minimum absolute atomic E-state index is 0.117. The molecule has 3 unspecified atom stereocenters. The normalized spacial score (nSPS) is 14.6. The fraction of sp³-hybridized carbons (Fsp3) is 0.500. The molecule has 59 heavy (non-hydrogen) atoms. The highest BCUT2D eigenvalue weighted by Crippen LogP contribution is 2.39. The number of cyclic esters (lactones) is 1. The van der Waals surface area contributed by atoms with Gasteiger partial charge in [-0.05, 0) is 49.1 Å². The van der Waals surface area contributed by atoms with Crippen LogP contribution in [0.1, 0.15) is 127 Å². The third-order valence-electron chi connectivity index (χ3n) is 9.93. The van der Waals surface area contributed by atoms with Crippen LogP contribution in [0.3, 0.4) is 0 Å². The standard InChI is InChI=1S/C40H46N4O13.C2H6/c1-4-7-9-28(38(50)51)41-31(45)13-15-33(47)56-21-11-12-27-23(17-21)22(6-3)25-19-44-30(35(25)43-27)18-24-26(37(44)49)20-55-40(54)36(24)57-34(48)16-14-32(46)42-29(39(52)53)10-8-5-2;1-2/h11-12,17-18,28-29,36H,4-10,13-16,19-20H2,1-3H3,(H,41,45)(H,42,46)(H,50,51)(H,52,53);1-2H3. The predicted molar refractivity (Wildman–Crippen MR) is 212 cm³/mol. The van der Waals surface area contributed by atoms with Gasteiger partial charge in [-0.1, -0.05) is 60.3 Å². The first-order valence-corrected chi connectivity index (χ1v) is 20.1. The zero-order chi connectivity index (χ0) is 43.4. The highest BCUT2D eigenvalue weighted by molar-refractivity contribution is 5.91. The molecule has 0 saturated carbocycles. The Morgan fingerprint density at radius 1 is 0.847 bits per heavy atom. The van der Waals surface area contributed by atoms with Crippen LogP contribution in [0.5, 0.6) is 5.75 Å². The van der Waals surface area contributed by atoms with Crippen LogP contribution in [0.4, 0.5) is 0 Å². The Hall–Kier alpha value is -6.13. The smallest absolute Gasteiger partial charge is 0.352 e. The maximum absolute atomic E-state index is 13.9. The third-order valence-corrected chi connectivity index (χ3v) is 9.93. The van der Waals surface area contributed by atoms with Crippen LogP contribution in [0.15, 0.2) is 29.1 Å². The number of benzene rings is 1. The van der Waals surface area contributed by atoms with Gasteiger partial charge in [0.05, 0.1) is 41.9 Å². The number of pyridine rings is 2. The fourth-order valence-corrected chi connectivity index (χ4v) is 6.92. The summed E-state index contributed by atoms with van der Waals surface area (Å²) in [5.74, 6) is -5.87. The molecule has 5 rings (SSSR count). The van der Waals surface area contributed by atoms with Crippen molar-refractivity contribution in [2.75, 3.05) is 0 Å². The molecule has 3 aromatic rings. The maximum Gasteiger partial charge on any atom is 0.352 e. The van der Waals surface area contributed by atoms with Gasteiger partial charge in [0.2, 0.25) is 17.9 Å². The van der Waals surface area contributed by atoms with Crippen LogP contribution in [-0.4, -0.2) is 73.5 Å². The summed E-state index contributed by atoms with van der Waals surface area (Å²) in [4.78, 5) is 105. The van der Waals surface area contributed by atoms with E-state index >= 15 is 0 Å². The lowest BCUT2D eigenvalue weighted by molar-refractivity contribution is -0.171. The van der Waals surface area contributed by atoms with Crippen molar-refractivity contribution in [1.82, 2.24) is 20.2 Å². The van der Waals surface area contributed by atoms with Gasteiger partial charge in [-0.15, -0.1) is 0 Å². The molecule has 2 aliphatic heterocycles. The van der Waals surface area contributed by atoms with Crippen LogP contribution < -0.4 is 20.9 Å². The number of esters is 3. The summed E-state index contributed by atoms with van der Waals surface area (Å²) >= 11 is 0. The van der Waals surface area contributed by atoms with Crippen LogP contribution >= 0.6 is 0 Å². The number of aryl methyl sites for hydroxylation is 1. The highest BCUT2D eigenvalue weighted by atomic mass is 16.6. The Kier molecular flexibility index (Phi) is 16.3. The van der Waals surface area contributed by atoms with Crippen molar-refractivity contribution in [3.8, 4) is 17.1 Å². The van der Waals surface area contributed by atoms with E-state index in [1.165, 1.54) is 10.6 Å². The van der Waals surface area contributed by atoms with Gasteiger partial charge < -0.3 is 39.6 Å². The molecule has 17 nitrogen and oxygen atoms in total. The van der Waals surface area contributed by atoms with Crippen LogP contribution in [0.2, 0.25) is 0 Å². The lowest BCUT2D eigenvalue weighted by atomic mass is 9.97. The van der Waals surface area contributed by atoms with E-state index in [4.69, 9.17) is 19.2 Å². The maximum atomic E-state index is 13.9. The number of carbonyl (C=O) groups excluding carboxylic acids is 5. The average Bonchev–Trinajstić information content (AvgIpc) is 3.58. The number of rotatable bonds is 19. The van der Waals surface area contributed by atoms with Crippen molar-refractivity contribution in [3.05, 3.63) is 56.9 Å². The molecule has 0 radical (unpaired) electrons. The topological polar surface area (TPSA) is 247 Å². The molecule has 3 atom stereocenters. The summed E-state index contributed by atoms with van der Waals surface area (Å²) < 4.78 is 17.7. The molecule has 2 aromatic heterocycles. The van der Waals surface area contributed by atoms with Gasteiger partial charge in [0.15, 0.2) is 0 Å². The van der Waals surface area contributed by atoms with E-state index < -0.39 is 71.8 Å². The van der Waals surface area contributed by atoms with Crippen LogP contribution in [0, 0.1) is 0 Å². The van der Waals surface area contributed by atoms with Crippen molar-refractivity contribution in [2.24, 2.45) is 0 Å². The van der Waals surface area contributed by atoms with E-state index in [2.05, 4.69) is 10.6 Å². The summed E-state index contributed by atoms with van der Waals surface area (Å²) in [6, 6.07) is 4.28. The first-order valence-electron chi connectivity index (χ1n) is 20.1. The monoisotopic (exact) mass is 820 g/mol. The average molecular weight is 821 g/mol. The molecule has 0 bridgehead atoms. The lowest BCUT2D eigenvalue weighted by Gasteiger charge is -2.25. The molecule has 2 amide bonds. The first-order chi connectivity index (χ1) is 28.3. The van der Waals surface area contributed by atoms with Gasteiger partial charge >= 0.3 is 29.8 Å². The molecular weight excluding hydrogens is 768 g/mol. The van der Waals surface area contributed by atoms with Gasteiger partial charge in [0.25, 0.3) is 5.56 Å². The molecule has 4 heterocycles. The number of amides is 2. The zero-order valence-electron chi connectivity index (χ0n) is 34.0. The summed E-state index contributed by atoms with van der Waals surface area (Å²) in [6.45, 7) is 9.51. The number of aliphatic carboxylic acids is 2. The number of carboxylic acids is 2. The number of nitrogens with zero attached hydrogens (tertiary/aromatic N) is 2. The Morgan fingerprint density at radius 2 is 1.44 bits per heavy atom. The molecule has 0 fully saturated rings. The second-order valence-electron chi connectivity index (χ2n) is 14.0. The SMILES string of the molecule is CC.CCCCC(NC(=O)CCC(=O)Oc1ccc2nc3c(c(CC)c2c1)Cn1c-3cc2c(c1=O)COC(=O)C2OC(=O)CCC(=O)NC(CCCC)C(=O)O)C(=O)O. The number of hydrogen-bond donors (Lipinski definition) is 4. The molecule has 2 aliphatic rings. The fourth-order valence-electron chi connectivity index (χ4n) is 6.92. The van der Waals surface area contributed by atoms with Gasteiger partial charge in [-0.2, -0.15) is 0 Å². The Labute approximate surface area is 340 Å². The van der Waals surface area contributed by atoms with Crippen LogP contribution in [-0.2, 0) is 62.6 Å². The van der Waals surface area contributed by atoms with Crippen molar-refractivity contribution >= 4 is 52.6 Å². The molecule has 318 valence electrons. The summed E-state index contributed by atoms with van der Waals surface area (Å²) in [5, 5.41) is 24.3. The van der Waals surface area contributed by atoms with E-state index in [1.54, 1.807) is 18.2 Å². The number of nitrogens with one attached hydrogen (secondary N) is 2. The van der Waals surface area contributed by atoms with Crippen molar-refractivity contribution < 1.29 is 58.0 Å². The number of fused-ring (bicyclic) bond motifs is 5. The molecule has 1 aromatic carbocycles. The minimum Gasteiger partial charge on any atom is -0.480 e. The number of ether oxygens (including phenoxy) is 3. The number of unbranched alkanes of at least 4 members (excludes halogenated alkanes) is 2. The molecular formula is C42H52N4O13. The number of aromatic nitrogens is 2. The van der Waals surface area contributed by atoms with Gasteiger partial charge in [0.1, 0.15) is 24.4 Å². The second kappa shape index (κ2) is 21.0. The Balaban J connectivity index is 0.00000378. The quantitative estimate of drug-likeness (QED) is 0.0744. The predicted octanol–water partition coefficient (Wildman–Crippen LogP) is 4.64. The largest absolute Gasteiger partial charge is 0.480 e. The molecule has 17 heteroatoms. The lowest BCUT2D eigenvalue weighted by Crippen LogP contribution is -2.40. The number of carbonyl (C=O) groups is 7. The summed E-state index contributed by atoms with van der Waals surface area (Å²) in [5.41, 5.74) is 2.73. The molecule has 0 saturated heterocycles. The summed E-state index contributed by atoms with van der Waals surface area (Å²) in [6.07, 6.45) is 0.789. The molecule has 0 aliphatic carbocycles. The van der Waals surface area contributed by atoms with E-state index in [1.807, 2.05) is 34.6 Å². The van der Waals surface area contributed by atoms with E-state index in [9.17, 15) is 48.6 Å². The van der Waals surface area contributed by atoms with E-state index in [-0.39, 0.29) is 62.1 Å². The Bertz CT molecular complexity index is 2160. The number of carboxylic acid groups (broad SMARTS) is 2. The first kappa shape index (κ1) is 45.6. The van der Waals surface area contributed by atoms with Crippen LogP contribution in [0.25, 0.3) is 22.3 Å². The minimum atomic E-state index is -1.59. The Morgan fingerprint density at radius 3 is 2.00 bits per heavy atom. The number of hydrogen-bond acceptors (Lipinski definition) is 12. The van der Waals surface area contributed by atoms with Crippen molar-refractivity contribution in [3.63, 3.8) is 0 Å². The van der Waals surface area contributed by atoms with E-state index in [0.29, 0.717) is 41.6 Å². The van der Waals surface area contributed by atoms with Gasteiger partial charge in [0, 0.05) is 29.4 Å².